The largest absolute Gasteiger partial charge is 0.353 e. The summed E-state index contributed by atoms with van der Waals surface area (Å²) in [6.45, 7) is 2.04. The number of allylic oxidation sites excluding steroid dienone is 2. The molecule has 1 aliphatic carbocycles. The molecule has 1 aliphatic rings. The van der Waals surface area contributed by atoms with Crippen LogP contribution < -0.4 is 5.32 Å². The Labute approximate surface area is 102 Å². The molecule has 1 amide bonds. The molecule has 0 bridgehead atoms. The second kappa shape index (κ2) is 5.62. The quantitative estimate of drug-likeness (QED) is 0.805. The van der Waals surface area contributed by atoms with Crippen LogP contribution in [-0.2, 0) is 11.2 Å². The van der Waals surface area contributed by atoms with Gasteiger partial charge in [-0.05, 0) is 37.8 Å². The maximum atomic E-state index is 11.9. The Morgan fingerprint density at radius 2 is 2.29 bits per heavy atom. The summed E-state index contributed by atoms with van der Waals surface area (Å²) in [6, 6.07) is 4.12. The van der Waals surface area contributed by atoms with Crippen molar-refractivity contribution in [3.63, 3.8) is 0 Å². The van der Waals surface area contributed by atoms with Crippen LogP contribution in [0.25, 0.3) is 0 Å². The summed E-state index contributed by atoms with van der Waals surface area (Å²) in [6.07, 6.45) is 10.4. The van der Waals surface area contributed by atoms with Gasteiger partial charge in [-0.1, -0.05) is 18.2 Å². The van der Waals surface area contributed by atoms with Gasteiger partial charge in [-0.15, -0.1) is 0 Å². The van der Waals surface area contributed by atoms with E-state index in [1.54, 1.807) is 6.20 Å². The Kier molecular flexibility index (Phi) is 3.91. The van der Waals surface area contributed by atoms with Crippen molar-refractivity contribution in [1.82, 2.24) is 10.3 Å². The summed E-state index contributed by atoms with van der Waals surface area (Å²) in [7, 11) is 0. The van der Waals surface area contributed by atoms with Gasteiger partial charge in [0.2, 0.25) is 5.91 Å². The van der Waals surface area contributed by atoms with E-state index in [1.807, 2.05) is 25.3 Å². The van der Waals surface area contributed by atoms with E-state index < -0.39 is 0 Å². The number of aromatic nitrogens is 1. The monoisotopic (exact) mass is 230 g/mol. The Bertz CT molecular complexity index is 392. The highest BCUT2D eigenvalue weighted by molar-refractivity contribution is 5.79. The van der Waals surface area contributed by atoms with Gasteiger partial charge in [0.15, 0.2) is 0 Å². The summed E-state index contributed by atoms with van der Waals surface area (Å²) < 4.78 is 0. The minimum Gasteiger partial charge on any atom is -0.353 e. The van der Waals surface area contributed by atoms with Gasteiger partial charge in [0.25, 0.3) is 0 Å². The lowest BCUT2D eigenvalue weighted by Crippen LogP contribution is -2.37. The van der Waals surface area contributed by atoms with Crippen molar-refractivity contribution in [3.05, 3.63) is 42.2 Å². The van der Waals surface area contributed by atoms with E-state index in [0.29, 0.717) is 0 Å². The average molecular weight is 230 g/mol. The summed E-state index contributed by atoms with van der Waals surface area (Å²) in [5.41, 5.74) is 1.16. The number of nitrogens with zero attached hydrogens (tertiary/aromatic N) is 1. The number of hydrogen-bond donors (Lipinski definition) is 1. The molecule has 1 aromatic rings. The molecule has 0 saturated carbocycles. The molecule has 3 heteroatoms. The third-order valence-electron chi connectivity index (χ3n) is 3.03. The van der Waals surface area contributed by atoms with Crippen LogP contribution in [0.2, 0.25) is 0 Å². The Hall–Kier alpha value is -1.64. The van der Waals surface area contributed by atoms with E-state index in [2.05, 4.69) is 22.5 Å². The van der Waals surface area contributed by atoms with Gasteiger partial charge in [-0.25, -0.2) is 0 Å². The minimum absolute atomic E-state index is 0.145. The zero-order valence-corrected chi connectivity index (χ0v) is 10.1. The maximum absolute atomic E-state index is 11.9. The fraction of sp³-hybridized carbons (Fsp3) is 0.429. The zero-order chi connectivity index (χ0) is 12.1. The Balaban J connectivity index is 1.81. The van der Waals surface area contributed by atoms with Gasteiger partial charge < -0.3 is 5.32 Å². The summed E-state index contributed by atoms with van der Waals surface area (Å²) in [5.74, 6) is 0.317. The van der Waals surface area contributed by atoms with Gasteiger partial charge in [0.05, 0.1) is 0 Å². The van der Waals surface area contributed by atoms with Crippen molar-refractivity contribution in [1.29, 1.82) is 0 Å². The third-order valence-corrected chi connectivity index (χ3v) is 3.03. The molecule has 17 heavy (non-hydrogen) atoms. The first-order valence-corrected chi connectivity index (χ1v) is 6.10. The lowest BCUT2D eigenvalue weighted by atomic mass is 10.0. The molecule has 0 aliphatic heterocycles. The average Bonchev–Trinajstić information content (AvgIpc) is 2.83. The van der Waals surface area contributed by atoms with Crippen molar-refractivity contribution < 1.29 is 4.79 Å². The highest BCUT2D eigenvalue weighted by atomic mass is 16.1. The second-order valence-electron chi connectivity index (χ2n) is 4.61. The molecule has 1 heterocycles. The molecule has 0 fully saturated rings. The smallest absolute Gasteiger partial charge is 0.223 e. The van der Waals surface area contributed by atoms with Crippen LogP contribution in [0.1, 0.15) is 25.3 Å². The number of rotatable bonds is 4. The normalized spacial score (nSPS) is 17.0. The van der Waals surface area contributed by atoms with Gasteiger partial charge >= 0.3 is 0 Å². The first-order valence-electron chi connectivity index (χ1n) is 6.10. The first-order chi connectivity index (χ1) is 8.25. The van der Waals surface area contributed by atoms with Crippen molar-refractivity contribution in [2.24, 2.45) is 5.92 Å². The number of nitrogens with one attached hydrogen (secondary N) is 1. The van der Waals surface area contributed by atoms with Gasteiger partial charge in [0.1, 0.15) is 0 Å². The molecule has 90 valence electrons. The summed E-state index contributed by atoms with van der Waals surface area (Å²) in [4.78, 5) is 16.0. The number of pyridine rings is 1. The zero-order valence-electron chi connectivity index (χ0n) is 10.1. The second-order valence-corrected chi connectivity index (χ2v) is 4.61. The van der Waals surface area contributed by atoms with Crippen LogP contribution in [0.4, 0.5) is 0 Å². The van der Waals surface area contributed by atoms with E-state index in [-0.39, 0.29) is 17.9 Å². The van der Waals surface area contributed by atoms with Gasteiger partial charge in [0, 0.05) is 24.4 Å². The number of carbonyl (C=O) groups is 1. The predicted octanol–water partition coefficient (Wildman–Crippen LogP) is 2.09. The fourth-order valence-corrected chi connectivity index (χ4v) is 2.12. The molecule has 0 radical (unpaired) electrons. The summed E-state index contributed by atoms with van der Waals surface area (Å²) >= 11 is 0. The van der Waals surface area contributed by atoms with E-state index in [0.717, 1.165) is 24.8 Å². The Morgan fingerprint density at radius 3 is 2.94 bits per heavy atom. The van der Waals surface area contributed by atoms with Crippen LogP contribution in [0.3, 0.4) is 0 Å². The molecular weight excluding hydrogens is 212 g/mol. The molecule has 1 N–H and O–H groups in total. The van der Waals surface area contributed by atoms with Crippen molar-refractivity contribution in [2.45, 2.75) is 32.2 Å². The molecular formula is C14H18N2O. The molecule has 2 rings (SSSR count). The lowest BCUT2D eigenvalue weighted by molar-refractivity contribution is -0.125. The summed E-state index contributed by atoms with van der Waals surface area (Å²) in [5, 5.41) is 3.06. The van der Waals surface area contributed by atoms with Crippen LogP contribution in [0.5, 0.6) is 0 Å². The molecule has 1 atom stereocenters. The van der Waals surface area contributed by atoms with E-state index in [9.17, 15) is 4.79 Å². The number of hydrogen-bond acceptors (Lipinski definition) is 2. The van der Waals surface area contributed by atoms with E-state index in [4.69, 9.17) is 0 Å². The van der Waals surface area contributed by atoms with Crippen molar-refractivity contribution in [2.75, 3.05) is 0 Å². The highest BCUT2D eigenvalue weighted by Crippen LogP contribution is 2.17. The standard InChI is InChI=1S/C14H18N2O/c1-11(9-12-5-4-8-15-10-12)16-14(17)13-6-2-3-7-13/h2-5,8,10-11,13H,6-7,9H2,1H3,(H,16,17). The van der Waals surface area contributed by atoms with Crippen LogP contribution in [0.15, 0.2) is 36.7 Å². The molecule has 1 unspecified atom stereocenters. The number of carbonyl (C=O) groups excluding carboxylic acids is 1. The maximum Gasteiger partial charge on any atom is 0.223 e. The molecule has 0 saturated heterocycles. The molecule has 1 aromatic heterocycles. The van der Waals surface area contributed by atoms with Crippen LogP contribution in [0, 0.1) is 5.92 Å². The topological polar surface area (TPSA) is 42.0 Å². The van der Waals surface area contributed by atoms with Gasteiger partial charge in [-0.2, -0.15) is 0 Å². The highest BCUT2D eigenvalue weighted by Gasteiger charge is 2.20. The molecule has 3 nitrogen and oxygen atoms in total. The fourth-order valence-electron chi connectivity index (χ4n) is 2.12. The van der Waals surface area contributed by atoms with Crippen molar-refractivity contribution >= 4 is 5.91 Å². The van der Waals surface area contributed by atoms with E-state index in [1.165, 1.54) is 0 Å². The molecule has 0 aromatic carbocycles. The Morgan fingerprint density at radius 1 is 1.53 bits per heavy atom. The molecule has 0 spiro atoms. The van der Waals surface area contributed by atoms with Crippen LogP contribution >= 0.6 is 0 Å². The van der Waals surface area contributed by atoms with Crippen LogP contribution in [-0.4, -0.2) is 16.9 Å². The van der Waals surface area contributed by atoms with Gasteiger partial charge in [-0.3, -0.25) is 9.78 Å². The van der Waals surface area contributed by atoms with Crippen molar-refractivity contribution in [3.8, 4) is 0 Å². The lowest BCUT2D eigenvalue weighted by Gasteiger charge is -2.16. The first kappa shape index (κ1) is 11.8. The van der Waals surface area contributed by atoms with E-state index >= 15 is 0 Å². The third kappa shape index (κ3) is 3.41. The predicted molar refractivity (Wildman–Crippen MR) is 67.4 cm³/mol. The SMILES string of the molecule is CC(Cc1cccnc1)NC(=O)C1CC=CC1. The minimum atomic E-state index is 0.145. The number of amides is 1.